The van der Waals surface area contributed by atoms with Crippen LogP contribution in [0.4, 0.5) is 11.4 Å². The molecule has 162 valence electrons. The summed E-state index contributed by atoms with van der Waals surface area (Å²) < 4.78 is 5.10. The maximum Gasteiger partial charge on any atom is 0.306 e. The minimum absolute atomic E-state index is 0.212. The number of nitrogens with zero attached hydrogens (tertiary/aromatic N) is 2. The Morgan fingerprint density at radius 3 is 1.93 bits per heavy atom. The summed E-state index contributed by atoms with van der Waals surface area (Å²) in [6.07, 6.45) is 11.3. The van der Waals surface area contributed by atoms with E-state index in [9.17, 15) is 25.0 Å². The summed E-state index contributed by atoms with van der Waals surface area (Å²) in [5.41, 5.74) is -0.559. The fourth-order valence-electron chi connectivity index (χ4n) is 2.76. The zero-order chi connectivity index (χ0) is 21.5. The monoisotopic (exact) mass is 444 g/mol. The Balaban J connectivity index is 2.18. The van der Waals surface area contributed by atoms with Crippen molar-refractivity contribution in [3.63, 3.8) is 0 Å². The molecule has 8 nitrogen and oxygen atoms in total. The summed E-state index contributed by atoms with van der Waals surface area (Å²) in [7, 11) is 3.72. The number of nitro groups is 2. The summed E-state index contributed by atoms with van der Waals surface area (Å²) in [6.45, 7) is -0.212. The van der Waals surface area contributed by atoms with Gasteiger partial charge in [-0.3, -0.25) is 25.0 Å². The zero-order valence-corrected chi connectivity index (χ0v) is 18.3. The number of ether oxygens (including phenoxy) is 1. The van der Waals surface area contributed by atoms with E-state index in [1.165, 1.54) is 50.0 Å². The van der Waals surface area contributed by atoms with E-state index < -0.39 is 27.2 Å². The van der Waals surface area contributed by atoms with Crippen LogP contribution in [-0.4, -0.2) is 27.8 Å². The summed E-state index contributed by atoms with van der Waals surface area (Å²) in [5, 5.41) is 21.7. The molecule has 0 aromatic heterocycles. The molecule has 0 saturated heterocycles. The first-order valence-electron chi connectivity index (χ1n) is 9.68. The van der Waals surface area contributed by atoms with E-state index in [2.05, 4.69) is 6.26 Å². The number of non-ortho nitro benzene ring substituents is 2. The lowest BCUT2D eigenvalue weighted by molar-refractivity contribution is -0.394. The maximum atomic E-state index is 11.8. The molecule has 0 aliphatic rings. The summed E-state index contributed by atoms with van der Waals surface area (Å²) in [6, 6.07) is 3.24. The number of esters is 1. The molecule has 10 heteroatoms. The van der Waals surface area contributed by atoms with Gasteiger partial charge in [-0.15, -0.1) is 0 Å². The van der Waals surface area contributed by atoms with Crippen LogP contribution in [0.1, 0.15) is 63.4 Å². The Hall–Kier alpha value is -1.81. The van der Waals surface area contributed by atoms with Gasteiger partial charge in [-0.05, 0) is 19.1 Å². The van der Waals surface area contributed by atoms with Crippen molar-refractivity contribution in [1.82, 2.24) is 0 Å². The molecule has 0 radical (unpaired) electrons. The Kier molecular flexibility index (Phi) is 13.1. The minimum Gasteiger partial charge on any atom is -0.461 e. The molecule has 1 rings (SSSR count). The smallest absolute Gasteiger partial charge is 0.306 e. The van der Waals surface area contributed by atoms with Gasteiger partial charge in [0.15, 0.2) is 0 Å². The fraction of sp³-hybridized carbons (Fsp3) is 0.632. The highest BCUT2D eigenvalue weighted by Crippen LogP contribution is 2.23. The molecule has 29 heavy (non-hydrogen) atoms. The van der Waals surface area contributed by atoms with Crippen molar-refractivity contribution in [1.29, 1.82) is 0 Å². The first kappa shape index (κ1) is 25.2. The van der Waals surface area contributed by atoms with Gasteiger partial charge in [0.25, 0.3) is 11.4 Å². The summed E-state index contributed by atoms with van der Waals surface area (Å²) >= 11 is 0. The molecule has 1 aromatic carbocycles. The van der Waals surface area contributed by atoms with Crippen LogP contribution in [0.25, 0.3) is 0 Å². The maximum absolute atomic E-state index is 11.8. The van der Waals surface area contributed by atoms with Gasteiger partial charge in [-0.25, -0.2) is 0 Å². The van der Waals surface area contributed by atoms with Crippen molar-refractivity contribution in [3.05, 3.63) is 44.0 Å². The van der Waals surface area contributed by atoms with Gasteiger partial charge in [-0.1, -0.05) is 60.1 Å². The van der Waals surface area contributed by atoms with E-state index in [1.54, 1.807) is 0 Å². The lowest BCUT2D eigenvalue weighted by atomic mass is 10.1. The van der Waals surface area contributed by atoms with Crippen molar-refractivity contribution >= 4 is 38.9 Å². The third-order valence-corrected chi connectivity index (χ3v) is 6.16. The second-order valence-corrected chi connectivity index (χ2v) is 9.28. The topological polar surface area (TPSA) is 113 Å². The first-order valence-corrected chi connectivity index (χ1v) is 12.4. The number of rotatable bonds is 16. The standard InChI is InChI=1S/C19H28N2O6S2/c1-28-29-11-9-7-5-3-2-4-6-8-10-19(22)27-15-16-12-17(20(23)24)14-18(13-16)21(25)26/h12-14H,2-11,15H2,1H3. The van der Waals surface area contributed by atoms with Crippen molar-refractivity contribution in [2.75, 3.05) is 12.0 Å². The number of carbonyl (C=O) groups excluding carboxylic acids is 1. The van der Waals surface area contributed by atoms with Crippen LogP contribution >= 0.6 is 21.6 Å². The third kappa shape index (κ3) is 11.7. The van der Waals surface area contributed by atoms with Crippen LogP contribution in [0.3, 0.4) is 0 Å². The van der Waals surface area contributed by atoms with Crippen LogP contribution in [0.15, 0.2) is 18.2 Å². The SMILES string of the molecule is CSSCCCCCCCCCCC(=O)OCc1cc([N+](=O)[O-])cc([N+](=O)[O-])c1. The molecule has 0 saturated carbocycles. The highest BCUT2D eigenvalue weighted by Gasteiger charge is 2.17. The minimum atomic E-state index is -0.707. The van der Waals surface area contributed by atoms with E-state index in [4.69, 9.17) is 4.74 Å². The molecule has 0 amide bonds. The van der Waals surface area contributed by atoms with E-state index in [-0.39, 0.29) is 18.6 Å². The van der Waals surface area contributed by atoms with Crippen molar-refractivity contribution in [3.8, 4) is 0 Å². The molecule has 0 bridgehead atoms. The Morgan fingerprint density at radius 1 is 0.897 bits per heavy atom. The zero-order valence-electron chi connectivity index (χ0n) is 16.7. The summed E-state index contributed by atoms with van der Waals surface area (Å²) in [5.74, 6) is 0.818. The first-order chi connectivity index (χ1) is 13.9. The number of hydrogen-bond acceptors (Lipinski definition) is 8. The molecule has 0 aliphatic carbocycles. The Bertz CT molecular complexity index is 640. The molecule has 0 aliphatic heterocycles. The Morgan fingerprint density at radius 2 is 1.41 bits per heavy atom. The molecule has 1 aromatic rings. The van der Waals surface area contributed by atoms with Crippen molar-refractivity contribution in [2.24, 2.45) is 0 Å². The lowest BCUT2D eigenvalue weighted by Crippen LogP contribution is -2.05. The van der Waals surface area contributed by atoms with Crippen molar-refractivity contribution in [2.45, 2.75) is 64.4 Å². The third-order valence-electron chi connectivity index (χ3n) is 4.26. The number of nitro benzene ring substituents is 2. The van der Waals surface area contributed by atoms with E-state index >= 15 is 0 Å². The molecular formula is C19H28N2O6S2. The van der Waals surface area contributed by atoms with E-state index in [0.717, 1.165) is 25.3 Å². The van der Waals surface area contributed by atoms with Crippen molar-refractivity contribution < 1.29 is 19.4 Å². The Labute approximate surface area is 178 Å². The van der Waals surface area contributed by atoms with Crippen LogP contribution in [0.5, 0.6) is 0 Å². The van der Waals surface area contributed by atoms with Gasteiger partial charge in [0.05, 0.1) is 15.9 Å². The number of hydrogen-bond donors (Lipinski definition) is 0. The largest absolute Gasteiger partial charge is 0.461 e. The highest BCUT2D eigenvalue weighted by molar-refractivity contribution is 8.76. The average molecular weight is 445 g/mol. The van der Waals surface area contributed by atoms with Crippen LogP contribution in [0.2, 0.25) is 0 Å². The van der Waals surface area contributed by atoms with Gasteiger partial charge >= 0.3 is 5.97 Å². The molecule has 0 spiro atoms. The molecule has 0 fully saturated rings. The van der Waals surface area contributed by atoms with Gasteiger partial charge in [0, 0.05) is 29.9 Å². The molecule has 0 N–H and O–H groups in total. The second kappa shape index (κ2) is 15.1. The number of unbranched alkanes of at least 4 members (excludes halogenated alkanes) is 7. The summed E-state index contributed by atoms with van der Waals surface area (Å²) in [4.78, 5) is 32.1. The highest BCUT2D eigenvalue weighted by atomic mass is 33.1. The van der Waals surface area contributed by atoms with E-state index in [0.29, 0.717) is 0 Å². The van der Waals surface area contributed by atoms with Gasteiger partial charge in [0.1, 0.15) is 6.61 Å². The van der Waals surface area contributed by atoms with Crippen LogP contribution in [-0.2, 0) is 16.1 Å². The van der Waals surface area contributed by atoms with Gasteiger partial charge in [0.2, 0.25) is 0 Å². The average Bonchev–Trinajstić information content (AvgIpc) is 2.70. The van der Waals surface area contributed by atoms with Crippen LogP contribution in [0, 0.1) is 20.2 Å². The molecule has 0 unspecified atom stereocenters. The lowest BCUT2D eigenvalue weighted by Gasteiger charge is -2.06. The van der Waals surface area contributed by atoms with E-state index in [1.807, 2.05) is 21.6 Å². The predicted molar refractivity (Wildman–Crippen MR) is 117 cm³/mol. The second-order valence-electron chi connectivity index (χ2n) is 6.60. The molecular weight excluding hydrogens is 416 g/mol. The predicted octanol–water partition coefficient (Wildman–Crippen LogP) is 6.07. The van der Waals surface area contributed by atoms with Gasteiger partial charge < -0.3 is 4.74 Å². The van der Waals surface area contributed by atoms with Crippen LogP contribution < -0.4 is 0 Å². The molecule has 0 atom stereocenters. The normalized spacial score (nSPS) is 10.7. The fourth-order valence-corrected chi connectivity index (χ4v) is 4.10. The van der Waals surface area contributed by atoms with Gasteiger partial charge in [-0.2, -0.15) is 0 Å². The quantitative estimate of drug-likeness (QED) is 0.0992. The number of benzene rings is 1. The number of carbonyl (C=O) groups is 1. The molecule has 0 heterocycles.